The third-order valence-electron chi connectivity index (χ3n) is 4.94. The van der Waals surface area contributed by atoms with Gasteiger partial charge in [-0.2, -0.15) is 0 Å². The Morgan fingerprint density at radius 1 is 1.26 bits per heavy atom. The third-order valence-corrected chi connectivity index (χ3v) is 4.94. The van der Waals surface area contributed by atoms with E-state index >= 15 is 0 Å². The molecule has 2 saturated heterocycles. The van der Waals surface area contributed by atoms with E-state index in [1.54, 1.807) is 11.0 Å². The van der Waals surface area contributed by atoms with Gasteiger partial charge in [0, 0.05) is 25.7 Å². The summed E-state index contributed by atoms with van der Waals surface area (Å²) in [6.45, 7) is 4.88. The van der Waals surface area contributed by atoms with Gasteiger partial charge in [0.15, 0.2) is 0 Å². The highest BCUT2D eigenvalue weighted by atomic mass is 19.1. The molecule has 0 spiro atoms. The van der Waals surface area contributed by atoms with E-state index < -0.39 is 5.82 Å². The highest BCUT2D eigenvalue weighted by Crippen LogP contribution is 2.23. The molecule has 0 saturated carbocycles. The Morgan fingerprint density at radius 2 is 2.04 bits per heavy atom. The molecule has 4 nitrogen and oxygen atoms in total. The number of hydrogen-bond acceptors (Lipinski definition) is 3. The van der Waals surface area contributed by atoms with Gasteiger partial charge in [-0.1, -0.05) is 6.42 Å². The lowest BCUT2D eigenvalue weighted by Crippen LogP contribution is -2.36. The molecular weight excluding hydrogens is 295 g/mol. The van der Waals surface area contributed by atoms with Gasteiger partial charge >= 0.3 is 0 Å². The molecule has 5 heteroatoms. The second kappa shape index (κ2) is 7.30. The van der Waals surface area contributed by atoms with Crippen LogP contribution in [0.2, 0.25) is 0 Å². The van der Waals surface area contributed by atoms with Crippen LogP contribution in [-0.4, -0.2) is 55.5 Å². The lowest BCUT2D eigenvalue weighted by atomic mass is 10.1. The molecule has 1 amide bonds. The van der Waals surface area contributed by atoms with Crippen LogP contribution in [0.25, 0.3) is 0 Å². The van der Waals surface area contributed by atoms with E-state index in [0.29, 0.717) is 11.7 Å². The minimum Gasteiger partial charge on any atom is -0.497 e. The Labute approximate surface area is 137 Å². The van der Waals surface area contributed by atoms with Gasteiger partial charge in [-0.3, -0.25) is 4.79 Å². The van der Waals surface area contributed by atoms with E-state index in [1.807, 2.05) is 0 Å². The van der Waals surface area contributed by atoms with E-state index in [-0.39, 0.29) is 11.5 Å². The van der Waals surface area contributed by atoms with Gasteiger partial charge in [-0.05, 0) is 50.4 Å². The van der Waals surface area contributed by atoms with Crippen molar-refractivity contribution in [1.29, 1.82) is 0 Å². The maximum absolute atomic E-state index is 14.1. The van der Waals surface area contributed by atoms with Crippen molar-refractivity contribution in [3.8, 4) is 5.75 Å². The molecule has 1 atom stereocenters. The molecule has 0 unspecified atom stereocenters. The Bertz CT molecular complexity index is 558. The van der Waals surface area contributed by atoms with Crippen molar-refractivity contribution in [2.75, 3.05) is 39.8 Å². The Kier molecular flexibility index (Phi) is 5.16. The normalized spacial score (nSPS) is 22.3. The molecule has 0 aliphatic carbocycles. The average Bonchev–Trinajstić information content (AvgIpc) is 3.03. The summed E-state index contributed by atoms with van der Waals surface area (Å²) in [6.07, 6.45) is 4.92. The maximum atomic E-state index is 14.1. The zero-order valence-corrected chi connectivity index (χ0v) is 13.8. The van der Waals surface area contributed by atoms with Crippen molar-refractivity contribution in [2.45, 2.75) is 25.7 Å². The lowest BCUT2D eigenvalue weighted by Gasteiger charge is -2.29. The number of halogens is 1. The van der Waals surface area contributed by atoms with E-state index in [4.69, 9.17) is 4.74 Å². The molecule has 0 aromatic heterocycles. The first kappa shape index (κ1) is 16.2. The van der Waals surface area contributed by atoms with Crippen LogP contribution in [0, 0.1) is 11.7 Å². The summed E-state index contributed by atoms with van der Waals surface area (Å²) in [7, 11) is 1.49. The fourth-order valence-electron chi connectivity index (χ4n) is 3.64. The summed E-state index contributed by atoms with van der Waals surface area (Å²) >= 11 is 0. The fraction of sp³-hybridized carbons (Fsp3) is 0.611. The number of carbonyl (C=O) groups excluding carboxylic acids is 1. The van der Waals surface area contributed by atoms with Crippen LogP contribution in [0.4, 0.5) is 4.39 Å². The van der Waals surface area contributed by atoms with E-state index in [2.05, 4.69) is 4.90 Å². The van der Waals surface area contributed by atoms with Crippen molar-refractivity contribution in [3.05, 3.63) is 29.6 Å². The predicted molar refractivity (Wildman–Crippen MR) is 87.3 cm³/mol. The largest absolute Gasteiger partial charge is 0.497 e. The SMILES string of the molecule is COc1ccc(C(=O)N2CC[C@H](CN3CCCCC3)C2)c(F)c1. The van der Waals surface area contributed by atoms with Crippen LogP contribution in [0.15, 0.2) is 18.2 Å². The molecule has 0 radical (unpaired) electrons. The number of nitrogens with zero attached hydrogens (tertiary/aromatic N) is 2. The van der Waals surface area contributed by atoms with E-state index in [0.717, 1.165) is 26.1 Å². The zero-order chi connectivity index (χ0) is 16.2. The van der Waals surface area contributed by atoms with Gasteiger partial charge in [0.2, 0.25) is 0 Å². The van der Waals surface area contributed by atoms with Crippen molar-refractivity contribution < 1.29 is 13.9 Å². The number of hydrogen-bond donors (Lipinski definition) is 0. The zero-order valence-electron chi connectivity index (χ0n) is 13.8. The molecule has 2 aliphatic rings. The van der Waals surface area contributed by atoms with Crippen LogP contribution >= 0.6 is 0 Å². The Hall–Kier alpha value is -1.62. The van der Waals surface area contributed by atoms with Gasteiger partial charge in [0.1, 0.15) is 11.6 Å². The predicted octanol–water partition coefficient (Wildman–Crippen LogP) is 2.78. The summed E-state index contributed by atoms with van der Waals surface area (Å²) in [4.78, 5) is 16.8. The Morgan fingerprint density at radius 3 is 2.74 bits per heavy atom. The number of benzene rings is 1. The molecule has 0 N–H and O–H groups in total. The van der Waals surface area contributed by atoms with Gasteiger partial charge in [-0.25, -0.2) is 4.39 Å². The summed E-state index contributed by atoms with van der Waals surface area (Å²) in [6, 6.07) is 4.43. The van der Waals surface area contributed by atoms with Crippen LogP contribution in [-0.2, 0) is 0 Å². The third kappa shape index (κ3) is 3.83. The van der Waals surface area contributed by atoms with Crippen molar-refractivity contribution in [2.24, 2.45) is 5.92 Å². The highest BCUT2D eigenvalue weighted by molar-refractivity contribution is 5.94. The Balaban J connectivity index is 1.58. The number of ether oxygens (including phenoxy) is 1. The molecule has 0 bridgehead atoms. The number of rotatable bonds is 4. The van der Waals surface area contributed by atoms with Crippen LogP contribution in [0.3, 0.4) is 0 Å². The van der Waals surface area contributed by atoms with Crippen LogP contribution in [0.1, 0.15) is 36.0 Å². The summed E-state index contributed by atoms with van der Waals surface area (Å²) < 4.78 is 19.1. The smallest absolute Gasteiger partial charge is 0.256 e. The van der Waals surface area contributed by atoms with Gasteiger partial charge in [0.25, 0.3) is 5.91 Å². The number of methoxy groups -OCH3 is 1. The molecule has 2 heterocycles. The number of piperidine rings is 1. The van der Waals surface area contributed by atoms with Crippen molar-refractivity contribution in [3.63, 3.8) is 0 Å². The minimum atomic E-state index is -0.506. The lowest BCUT2D eigenvalue weighted by molar-refractivity contribution is 0.0777. The van der Waals surface area contributed by atoms with E-state index in [9.17, 15) is 9.18 Å². The second-order valence-corrected chi connectivity index (χ2v) is 6.61. The van der Waals surface area contributed by atoms with Gasteiger partial charge in [0.05, 0.1) is 12.7 Å². The molecule has 1 aromatic rings. The van der Waals surface area contributed by atoms with Crippen molar-refractivity contribution in [1.82, 2.24) is 9.80 Å². The average molecular weight is 320 g/mol. The summed E-state index contributed by atoms with van der Waals surface area (Å²) in [5.74, 6) is 0.238. The number of carbonyl (C=O) groups is 1. The van der Waals surface area contributed by atoms with E-state index in [1.165, 1.54) is 51.6 Å². The quantitative estimate of drug-likeness (QED) is 0.855. The summed E-state index contributed by atoms with van der Waals surface area (Å²) in [5, 5.41) is 0. The topological polar surface area (TPSA) is 32.8 Å². The monoisotopic (exact) mass is 320 g/mol. The first-order chi connectivity index (χ1) is 11.2. The van der Waals surface area contributed by atoms with Gasteiger partial charge < -0.3 is 14.5 Å². The molecule has 1 aromatic carbocycles. The second-order valence-electron chi connectivity index (χ2n) is 6.61. The molecule has 2 fully saturated rings. The van der Waals surface area contributed by atoms with Gasteiger partial charge in [-0.15, -0.1) is 0 Å². The standard InChI is InChI=1S/C18H25FN2O2/c1-23-15-5-6-16(17(19)11-15)18(22)21-10-7-14(13-21)12-20-8-3-2-4-9-20/h5-6,11,14H,2-4,7-10,12-13H2,1H3/t14-/m1/s1. The number of amides is 1. The van der Waals surface area contributed by atoms with Crippen LogP contribution < -0.4 is 4.74 Å². The molecule has 3 rings (SSSR count). The minimum absolute atomic E-state index is 0.143. The fourth-order valence-corrected chi connectivity index (χ4v) is 3.64. The molecule has 23 heavy (non-hydrogen) atoms. The van der Waals surface area contributed by atoms with Crippen LogP contribution in [0.5, 0.6) is 5.75 Å². The first-order valence-electron chi connectivity index (χ1n) is 8.52. The molecule has 2 aliphatic heterocycles. The maximum Gasteiger partial charge on any atom is 0.256 e. The summed E-state index contributed by atoms with van der Waals surface area (Å²) in [5.41, 5.74) is 0.143. The molecule has 126 valence electrons. The number of likely N-dealkylation sites (tertiary alicyclic amines) is 2. The molecular formula is C18H25FN2O2. The highest BCUT2D eigenvalue weighted by Gasteiger charge is 2.29. The first-order valence-corrected chi connectivity index (χ1v) is 8.52. The van der Waals surface area contributed by atoms with Crippen molar-refractivity contribution >= 4 is 5.91 Å².